The number of ether oxygens (including phenoxy) is 1. The summed E-state index contributed by atoms with van der Waals surface area (Å²) < 4.78 is 2.76. The standard InChI is InChI=1S/C12H8Cl6O4/c1-2-3-22-9(21)5-4(8(19)20)10(15)6(13)7(14)11(5,16)12(10,17)18/h2,4-5H,1,3H2,(H,19,20). The lowest BCUT2D eigenvalue weighted by atomic mass is 9.82. The highest BCUT2D eigenvalue weighted by molar-refractivity contribution is 6.66. The molecule has 1 N–H and O–H groups in total. The van der Waals surface area contributed by atoms with Gasteiger partial charge in [0.2, 0.25) is 0 Å². The van der Waals surface area contributed by atoms with E-state index in [2.05, 4.69) is 6.58 Å². The number of carbonyl (C=O) groups excluding carboxylic acids is 1. The van der Waals surface area contributed by atoms with Crippen LogP contribution in [0.2, 0.25) is 0 Å². The quantitative estimate of drug-likeness (QED) is 0.419. The zero-order chi connectivity index (χ0) is 17.1. The summed E-state index contributed by atoms with van der Waals surface area (Å²) in [6, 6.07) is 0. The van der Waals surface area contributed by atoms with Crippen LogP contribution in [0.5, 0.6) is 0 Å². The normalized spacial score (nSPS) is 39.0. The molecule has 2 aliphatic carbocycles. The van der Waals surface area contributed by atoms with Gasteiger partial charge < -0.3 is 9.84 Å². The Labute approximate surface area is 155 Å². The Bertz CT molecular complexity index is 602. The minimum Gasteiger partial charge on any atom is -0.481 e. The molecule has 2 bridgehead atoms. The summed E-state index contributed by atoms with van der Waals surface area (Å²) in [7, 11) is 0. The fourth-order valence-electron chi connectivity index (χ4n) is 2.82. The van der Waals surface area contributed by atoms with Gasteiger partial charge in [0.25, 0.3) is 0 Å². The minimum atomic E-state index is -2.13. The fourth-order valence-corrected chi connectivity index (χ4v) is 5.75. The molecule has 4 unspecified atom stereocenters. The van der Waals surface area contributed by atoms with E-state index in [9.17, 15) is 14.7 Å². The predicted molar refractivity (Wildman–Crippen MR) is 86.1 cm³/mol. The van der Waals surface area contributed by atoms with Gasteiger partial charge in [-0.3, -0.25) is 9.59 Å². The van der Waals surface area contributed by atoms with Crippen molar-refractivity contribution < 1.29 is 19.4 Å². The van der Waals surface area contributed by atoms with Gasteiger partial charge in [0, 0.05) is 0 Å². The maximum atomic E-state index is 12.3. The molecule has 122 valence electrons. The molecule has 0 spiro atoms. The summed E-state index contributed by atoms with van der Waals surface area (Å²) in [5.74, 6) is -5.55. The number of rotatable bonds is 4. The summed E-state index contributed by atoms with van der Waals surface area (Å²) in [6.45, 7) is 3.23. The summed E-state index contributed by atoms with van der Waals surface area (Å²) in [6.07, 6.45) is 1.30. The van der Waals surface area contributed by atoms with Crippen LogP contribution < -0.4 is 0 Å². The molecule has 10 heteroatoms. The van der Waals surface area contributed by atoms with Crippen LogP contribution in [0.15, 0.2) is 22.7 Å². The van der Waals surface area contributed by atoms with Crippen molar-refractivity contribution in [3.63, 3.8) is 0 Å². The highest BCUT2D eigenvalue weighted by Gasteiger charge is 2.85. The van der Waals surface area contributed by atoms with E-state index >= 15 is 0 Å². The molecule has 0 aromatic carbocycles. The molecule has 0 aromatic heterocycles. The second kappa shape index (κ2) is 5.61. The van der Waals surface area contributed by atoms with Gasteiger partial charge in [0.15, 0.2) is 4.33 Å². The molecule has 2 aliphatic rings. The molecule has 2 rings (SSSR count). The zero-order valence-corrected chi connectivity index (χ0v) is 15.1. The van der Waals surface area contributed by atoms with Crippen LogP contribution in [0.25, 0.3) is 0 Å². The van der Waals surface area contributed by atoms with Crippen LogP contribution >= 0.6 is 69.6 Å². The molecule has 0 heterocycles. The highest BCUT2D eigenvalue weighted by atomic mass is 35.5. The topological polar surface area (TPSA) is 63.6 Å². The first-order valence-electron chi connectivity index (χ1n) is 5.81. The van der Waals surface area contributed by atoms with Gasteiger partial charge >= 0.3 is 11.9 Å². The monoisotopic (exact) mass is 426 g/mol. The van der Waals surface area contributed by atoms with Crippen LogP contribution in [0.1, 0.15) is 0 Å². The molecule has 0 radical (unpaired) electrons. The number of allylic oxidation sites excluding steroid dienone is 2. The predicted octanol–water partition coefficient (Wildman–Crippen LogP) is 3.88. The van der Waals surface area contributed by atoms with E-state index in [4.69, 9.17) is 74.3 Å². The van der Waals surface area contributed by atoms with Crippen LogP contribution in [0.4, 0.5) is 0 Å². The third-order valence-corrected chi connectivity index (χ3v) is 8.06. The van der Waals surface area contributed by atoms with Crippen LogP contribution in [0, 0.1) is 11.8 Å². The number of carbonyl (C=O) groups is 2. The van der Waals surface area contributed by atoms with Crippen molar-refractivity contribution in [3.8, 4) is 0 Å². The number of esters is 1. The first kappa shape index (κ1) is 18.5. The van der Waals surface area contributed by atoms with E-state index in [-0.39, 0.29) is 16.7 Å². The van der Waals surface area contributed by atoms with Gasteiger partial charge in [-0.1, -0.05) is 59.1 Å². The second-order valence-electron chi connectivity index (χ2n) is 4.84. The Hall–Kier alpha value is 0.160. The third-order valence-electron chi connectivity index (χ3n) is 3.80. The largest absolute Gasteiger partial charge is 0.481 e. The van der Waals surface area contributed by atoms with Crippen molar-refractivity contribution in [2.75, 3.05) is 6.61 Å². The second-order valence-corrected chi connectivity index (χ2v) is 8.11. The van der Waals surface area contributed by atoms with Crippen LogP contribution in [-0.2, 0) is 14.3 Å². The summed E-state index contributed by atoms with van der Waals surface area (Å²) in [5.41, 5.74) is 0. The SMILES string of the molecule is C=CCOC(=O)C1C(C(=O)O)C2(Cl)C(Cl)=C(Cl)C1(Cl)C2(Cl)Cl. The Kier molecular flexibility index (Phi) is 4.72. The summed E-state index contributed by atoms with van der Waals surface area (Å²) in [5, 5.41) is 8.92. The van der Waals surface area contributed by atoms with E-state index in [1.807, 2.05) is 0 Å². The van der Waals surface area contributed by atoms with Crippen molar-refractivity contribution >= 4 is 81.5 Å². The number of fused-ring (bicyclic) bond motifs is 2. The van der Waals surface area contributed by atoms with E-state index in [1.54, 1.807) is 0 Å². The van der Waals surface area contributed by atoms with Gasteiger partial charge in [0.05, 0.1) is 21.9 Å². The molecule has 4 nitrogen and oxygen atoms in total. The zero-order valence-electron chi connectivity index (χ0n) is 10.6. The number of carboxylic acid groups (broad SMARTS) is 1. The molecule has 22 heavy (non-hydrogen) atoms. The number of hydrogen-bond acceptors (Lipinski definition) is 3. The van der Waals surface area contributed by atoms with Crippen LogP contribution in [0.3, 0.4) is 0 Å². The van der Waals surface area contributed by atoms with Gasteiger partial charge in [-0.2, -0.15) is 0 Å². The Morgan fingerprint density at radius 1 is 1.14 bits per heavy atom. The Balaban J connectivity index is 2.67. The molecule has 0 aromatic rings. The smallest absolute Gasteiger partial charge is 0.312 e. The van der Waals surface area contributed by atoms with Gasteiger partial charge in [-0.15, -0.1) is 23.2 Å². The highest BCUT2D eigenvalue weighted by Crippen LogP contribution is 2.76. The van der Waals surface area contributed by atoms with Gasteiger partial charge in [-0.05, 0) is 0 Å². The number of aliphatic carboxylic acids is 1. The maximum Gasteiger partial charge on any atom is 0.312 e. The lowest BCUT2D eigenvalue weighted by Gasteiger charge is -2.32. The summed E-state index contributed by atoms with van der Waals surface area (Å²) >= 11 is 37.2. The van der Waals surface area contributed by atoms with Crippen molar-refractivity contribution in [1.29, 1.82) is 0 Å². The van der Waals surface area contributed by atoms with E-state index in [1.165, 1.54) is 6.08 Å². The molecular formula is C12H8Cl6O4. The Morgan fingerprint density at radius 2 is 1.59 bits per heavy atom. The lowest BCUT2D eigenvalue weighted by Crippen LogP contribution is -2.46. The molecule has 1 saturated carbocycles. The average molecular weight is 429 g/mol. The average Bonchev–Trinajstić information content (AvgIpc) is 2.64. The van der Waals surface area contributed by atoms with E-state index in [0.29, 0.717) is 0 Å². The molecule has 0 amide bonds. The molecule has 0 aliphatic heterocycles. The Morgan fingerprint density at radius 3 is 2.00 bits per heavy atom. The van der Waals surface area contributed by atoms with Crippen molar-refractivity contribution in [2.45, 2.75) is 14.1 Å². The number of hydrogen-bond donors (Lipinski definition) is 1. The van der Waals surface area contributed by atoms with Crippen molar-refractivity contribution in [3.05, 3.63) is 22.7 Å². The number of carboxylic acids is 1. The van der Waals surface area contributed by atoms with E-state index < -0.39 is 37.9 Å². The maximum absolute atomic E-state index is 12.3. The number of halogens is 6. The lowest BCUT2D eigenvalue weighted by molar-refractivity contribution is -0.156. The van der Waals surface area contributed by atoms with Gasteiger partial charge in [-0.25, -0.2) is 0 Å². The van der Waals surface area contributed by atoms with E-state index in [0.717, 1.165) is 0 Å². The minimum absolute atomic E-state index is 0.156. The fraction of sp³-hybridized carbons (Fsp3) is 0.500. The van der Waals surface area contributed by atoms with Crippen molar-refractivity contribution in [1.82, 2.24) is 0 Å². The summed E-state index contributed by atoms with van der Waals surface area (Å²) in [4.78, 5) is 19.9. The molecule has 1 fully saturated rings. The first-order valence-corrected chi connectivity index (χ1v) is 8.08. The van der Waals surface area contributed by atoms with Crippen molar-refractivity contribution in [2.24, 2.45) is 11.8 Å². The molecular weight excluding hydrogens is 421 g/mol. The molecule has 0 saturated heterocycles. The van der Waals surface area contributed by atoms with Crippen LogP contribution in [-0.4, -0.2) is 37.7 Å². The van der Waals surface area contributed by atoms with Gasteiger partial charge in [0.1, 0.15) is 16.4 Å². The first-order chi connectivity index (χ1) is 9.99. The number of alkyl halides is 4. The molecule has 4 atom stereocenters. The third kappa shape index (κ3) is 1.92.